The number of sulfone groups is 1. The zero-order chi connectivity index (χ0) is 19.4. The van der Waals surface area contributed by atoms with Crippen molar-refractivity contribution in [1.82, 2.24) is 9.88 Å². The summed E-state index contributed by atoms with van der Waals surface area (Å²) in [5, 5.41) is 0. The molecule has 1 saturated heterocycles. The van der Waals surface area contributed by atoms with Crippen molar-refractivity contribution in [3.8, 4) is 5.88 Å². The third-order valence-electron chi connectivity index (χ3n) is 4.03. The number of rotatable bonds is 7. The van der Waals surface area contributed by atoms with E-state index in [2.05, 4.69) is 9.72 Å². The lowest BCUT2D eigenvalue weighted by Crippen LogP contribution is -2.41. The molecule has 1 aliphatic heterocycles. The Morgan fingerprint density at radius 3 is 2.62 bits per heavy atom. The first kappa shape index (κ1) is 20.5. The van der Waals surface area contributed by atoms with Crippen molar-refractivity contribution < 1.29 is 31.1 Å². The van der Waals surface area contributed by atoms with Crippen molar-refractivity contribution in [2.24, 2.45) is 0 Å². The van der Waals surface area contributed by atoms with Crippen LogP contribution in [0.5, 0.6) is 5.88 Å². The van der Waals surface area contributed by atoms with Gasteiger partial charge in [0.05, 0.1) is 17.1 Å². The molecule has 1 fully saturated rings. The number of halogens is 3. The summed E-state index contributed by atoms with van der Waals surface area (Å²) in [6, 6.07) is 2.14. The molecule has 1 aromatic rings. The van der Waals surface area contributed by atoms with Gasteiger partial charge < -0.3 is 9.64 Å². The fourth-order valence-electron chi connectivity index (χ4n) is 2.71. The maximum Gasteiger partial charge on any atom is 0.422 e. The van der Waals surface area contributed by atoms with E-state index in [9.17, 15) is 26.4 Å². The molecular weight excluding hydrogens is 373 g/mol. The van der Waals surface area contributed by atoms with Gasteiger partial charge in [-0.05, 0) is 18.9 Å². The highest BCUT2D eigenvalue weighted by Gasteiger charge is 2.35. The Morgan fingerprint density at radius 1 is 1.38 bits per heavy atom. The second-order valence-electron chi connectivity index (χ2n) is 6.20. The number of carbonyl (C=O) groups is 1. The van der Waals surface area contributed by atoms with E-state index in [0.717, 1.165) is 19.0 Å². The van der Waals surface area contributed by atoms with Gasteiger partial charge in [0.15, 0.2) is 16.4 Å². The summed E-state index contributed by atoms with van der Waals surface area (Å²) < 4.78 is 64.4. The lowest BCUT2D eigenvalue weighted by atomic mass is 10.1. The number of pyridine rings is 1. The minimum absolute atomic E-state index is 0.0516. The quantitative estimate of drug-likeness (QED) is 0.710. The summed E-state index contributed by atoms with van der Waals surface area (Å²) in [5.74, 6) is -0.628. The van der Waals surface area contributed by atoms with Crippen LogP contribution in [-0.2, 0) is 9.84 Å². The van der Waals surface area contributed by atoms with E-state index in [4.69, 9.17) is 0 Å². The Morgan fingerprint density at radius 2 is 2.12 bits per heavy atom. The third-order valence-corrected chi connectivity index (χ3v) is 5.78. The molecule has 0 aromatic carbocycles. The van der Waals surface area contributed by atoms with Crippen molar-refractivity contribution in [3.63, 3.8) is 0 Å². The van der Waals surface area contributed by atoms with Gasteiger partial charge in [-0.1, -0.05) is 13.3 Å². The fourth-order valence-corrected chi connectivity index (χ4v) is 4.44. The number of hydrogen-bond acceptors (Lipinski definition) is 5. The summed E-state index contributed by atoms with van der Waals surface area (Å²) in [4.78, 5) is 18.0. The van der Waals surface area contributed by atoms with Gasteiger partial charge in [-0.3, -0.25) is 4.79 Å². The summed E-state index contributed by atoms with van der Waals surface area (Å²) in [6.45, 7) is 0.917. The van der Waals surface area contributed by atoms with Crippen LogP contribution in [0.1, 0.15) is 36.5 Å². The Labute approximate surface area is 150 Å². The van der Waals surface area contributed by atoms with E-state index >= 15 is 0 Å². The molecule has 146 valence electrons. The van der Waals surface area contributed by atoms with Gasteiger partial charge in [0.1, 0.15) is 0 Å². The standard InChI is InChI=1S/C16H21F3N2O4S/c1-2-3-7-21(13-6-8-26(23,24)10-13)15(22)12-4-5-14(20-9-12)25-11-16(17,18)19/h4-5,9,13H,2-3,6-8,10-11H2,1H3. The first-order chi connectivity index (χ1) is 12.1. The molecule has 10 heteroatoms. The highest BCUT2D eigenvalue weighted by atomic mass is 32.2. The van der Waals surface area contributed by atoms with Crippen LogP contribution in [0.3, 0.4) is 0 Å². The van der Waals surface area contributed by atoms with Crippen LogP contribution in [0.25, 0.3) is 0 Å². The number of nitrogens with zero attached hydrogens (tertiary/aromatic N) is 2. The van der Waals surface area contributed by atoms with Crippen molar-refractivity contribution in [1.29, 1.82) is 0 Å². The molecule has 2 rings (SSSR count). The van der Waals surface area contributed by atoms with Crippen LogP contribution in [0.2, 0.25) is 0 Å². The molecule has 0 radical (unpaired) electrons. The minimum Gasteiger partial charge on any atom is -0.468 e. The van der Waals surface area contributed by atoms with Crippen LogP contribution < -0.4 is 4.74 Å². The number of unbranched alkanes of at least 4 members (excludes halogenated alkanes) is 1. The molecule has 1 atom stereocenters. The molecule has 0 aliphatic carbocycles. The summed E-state index contributed by atoms with van der Waals surface area (Å²) in [7, 11) is -3.15. The monoisotopic (exact) mass is 394 g/mol. The van der Waals surface area contributed by atoms with E-state index in [1.165, 1.54) is 17.0 Å². The molecule has 0 spiro atoms. The second-order valence-corrected chi connectivity index (χ2v) is 8.43. The normalized spacial score (nSPS) is 19.3. The first-order valence-electron chi connectivity index (χ1n) is 8.28. The number of carbonyl (C=O) groups excluding carboxylic acids is 1. The highest BCUT2D eigenvalue weighted by Crippen LogP contribution is 2.22. The van der Waals surface area contributed by atoms with Crippen molar-refractivity contribution in [2.75, 3.05) is 24.7 Å². The van der Waals surface area contributed by atoms with Crippen LogP contribution in [0.15, 0.2) is 18.3 Å². The number of hydrogen-bond donors (Lipinski definition) is 0. The van der Waals surface area contributed by atoms with Gasteiger partial charge in [-0.25, -0.2) is 13.4 Å². The predicted molar refractivity (Wildman–Crippen MR) is 88.8 cm³/mol. The molecule has 1 amide bonds. The van der Waals surface area contributed by atoms with Crippen LogP contribution >= 0.6 is 0 Å². The Bertz CT molecular complexity index is 720. The topological polar surface area (TPSA) is 76.6 Å². The molecule has 2 heterocycles. The van der Waals surface area contributed by atoms with E-state index in [1.54, 1.807) is 0 Å². The first-order valence-corrected chi connectivity index (χ1v) is 10.1. The number of aromatic nitrogens is 1. The molecule has 0 N–H and O–H groups in total. The van der Waals surface area contributed by atoms with E-state index in [1.807, 2.05) is 6.92 Å². The van der Waals surface area contributed by atoms with Crippen LogP contribution in [-0.4, -0.2) is 61.1 Å². The highest BCUT2D eigenvalue weighted by molar-refractivity contribution is 7.91. The van der Waals surface area contributed by atoms with Gasteiger partial charge in [0.2, 0.25) is 5.88 Å². The molecule has 1 aliphatic rings. The zero-order valence-corrected chi connectivity index (χ0v) is 15.1. The Kier molecular flexibility index (Phi) is 6.48. The summed E-state index contributed by atoms with van der Waals surface area (Å²) in [5.41, 5.74) is 0.185. The van der Waals surface area contributed by atoms with Gasteiger partial charge in [-0.15, -0.1) is 0 Å². The number of ether oxygens (including phenoxy) is 1. The molecule has 1 unspecified atom stereocenters. The summed E-state index contributed by atoms with van der Waals surface area (Å²) in [6.07, 6.45) is -1.37. The second kappa shape index (κ2) is 8.24. The fraction of sp³-hybridized carbons (Fsp3) is 0.625. The van der Waals surface area contributed by atoms with E-state index < -0.39 is 22.6 Å². The SMILES string of the molecule is CCCCN(C(=O)c1ccc(OCC(F)(F)F)nc1)C1CCS(=O)(=O)C1. The molecule has 6 nitrogen and oxygen atoms in total. The molecule has 0 bridgehead atoms. The van der Waals surface area contributed by atoms with Crippen LogP contribution in [0, 0.1) is 0 Å². The van der Waals surface area contributed by atoms with Crippen molar-refractivity contribution in [2.45, 2.75) is 38.4 Å². The summed E-state index contributed by atoms with van der Waals surface area (Å²) >= 11 is 0. The lowest BCUT2D eigenvalue weighted by molar-refractivity contribution is -0.154. The van der Waals surface area contributed by atoms with E-state index in [-0.39, 0.29) is 34.9 Å². The molecule has 1 aromatic heterocycles. The molecular formula is C16H21F3N2O4S. The lowest BCUT2D eigenvalue weighted by Gasteiger charge is -2.28. The number of alkyl halides is 3. The van der Waals surface area contributed by atoms with E-state index in [0.29, 0.717) is 13.0 Å². The zero-order valence-electron chi connectivity index (χ0n) is 14.3. The van der Waals surface area contributed by atoms with Gasteiger partial charge in [0.25, 0.3) is 5.91 Å². The smallest absolute Gasteiger partial charge is 0.422 e. The molecule has 26 heavy (non-hydrogen) atoms. The van der Waals surface area contributed by atoms with Crippen LogP contribution in [0.4, 0.5) is 13.2 Å². The number of amides is 1. The average molecular weight is 394 g/mol. The van der Waals surface area contributed by atoms with Gasteiger partial charge in [-0.2, -0.15) is 13.2 Å². The largest absolute Gasteiger partial charge is 0.468 e. The Balaban J connectivity index is 2.09. The third kappa shape index (κ3) is 5.86. The van der Waals surface area contributed by atoms with Gasteiger partial charge >= 0.3 is 6.18 Å². The van der Waals surface area contributed by atoms with Crippen molar-refractivity contribution >= 4 is 15.7 Å². The molecule has 0 saturated carbocycles. The average Bonchev–Trinajstić information content (AvgIpc) is 2.92. The predicted octanol–water partition coefficient (Wildman–Crippen LogP) is 2.45. The maximum atomic E-state index is 12.7. The van der Waals surface area contributed by atoms with Gasteiger partial charge in [0, 0.05) is 24.8 Å². The van der Waals surface area contributed by atoms with Crippen molar-refractivity contribution in [3.05, 3.63) is 23.9 Å². The maximum absolute atomic E-state index is 12.7. The minimum atomic E-state index is -4.47. The Hall–Kier alpha value is -1.84.